The molecule has 1 amide bonds. The van der Waals surface area contributed by atoms with Gasteiger partial charge in [-0.05, 0) is 83.9 Å². The van der Waals surface area contributed by atoms with E-state index in [0.29, 0.717) is 39.9 Å². The van der Waals surface area contributed by atoms with E-state index in [4.69, 9.17) is 27.8 Å². The lowest BCUT2D eigenvalue weighted by Crippen LogP contribution is -2.29. The van der Waals surface area contributed by atoms with E-state index in [1.807, 2.05) is 25.1 Å². The molecule has 0 fully saturated rings. The van der Waals surface area contributed by atoms with Crippen LogP contribution in [0.25, 0.3) is 32.8 Å². The lowest BCUT2D eigenvalue weighted by atomic mass is 9.98. The molecule has 5 rings (SSSR count). The number of aromatic nitrogens is 3. The average molecular weight is 669 g/mol. The predicted molar refractivity (Wildman–Crippen MR) is 173 cm³/mol. The molecule has 11 heteroatoms. The molecular weight excluding hydrogens is 637 g/mol. The van der Waals surface area contributed by atoms with Crippen LogP contribution in [0.1, 0.15) is 42.0 Å². The van der Waals surface area contributed by atoms with Crippen LogP contribution >= 0.6 is 27.5 Å². The number of aromatic amines is 1. The molecule has 43 heavy (non-hydrogen) atoms. The van der Waals surface area contributed by atoms with E-state index < -0.39 is 11.7 Å². The highest BCUT2D eigenvalue weighted by atomic mass is 79.9. The molecule has 0 aliphatic heterocycles. The number of amides is 1. The maximum absolute atomic E-state index is 13.9. The van der Waals surface area contributed by atoms with E-state index >= 15 is 0 Å². The summed E-state index contributed by atoms with van der Waals surface area (Å²) < 4.78 is 20.6. The second kappa shape index (κ2) is 13.6. The van der Waals surface area contributed by atoms with Crippen molar-refractivity contribution in [1.82, 2.24) is 15.0 Å². The third kappa shape index (κ3) is 7.38. The molecule has 0 saturated carbocycles. The number of pyridine rings is 3. The minimum absolute atomic E-state index is 0.0213. The van der Waals surface area contributed by atoms with Gasteiger partial charge in [0.2, 0.25) is 0 Å². The first kappa shape index (κ1) is 32.1. The Hall–Kier alpha value is -3.86. The number of aryl methyl sites for hydroxylation is 2. The van der Waals surface area contributed by atoms with E-state index in [9.17, 15) is 14.0 Å². The third-order valence-electron chi connectivity index (χ3n) is 6.81. The van der Waals surface area contributed by atoms with Gasteiger partial charge < -0.3 is 21.2 Å². The number of carbonyl (C=O) groups excluding carboxylic acids is 1. The summed E-state index contributed by atoms with van der Waals surface area (Å²) in [6.07, 6.45) is 4.13. The van der Waals surface area contributed by atoms with Gasteiger partial charge in [-0.2, -0.15) is 0 Å². The standard InChI is InChI=1S/C19H22BrN3O2.C13H10ClFN2O/c1-10(2)6-12(21)9-25-17-8-16-14(7-15(17)20)13-4-5-22-11(3)18(13)19(24)23-16;1-7-12(13(16)18)10(4-5-17-7)9-3-2-8(14)6-11(9)15/h4-5,7-8,10,12H,6,9,21H2,1-3H3,(H,23,24);2-6H,1H3,(H2,16,18)/t12-;/m0./s1. The highest BCUT2D eigenvalue weighted by molar-refractivity contribution is 9.10. The van der Waals surface area contributed by atoms with Crippen LogP contribution in [0.4, 0.5) is 4.39 Å². The fourth-order valence-electron chi connectivity index (χ4n) is 4.93. The number of fused-ring (bicyclic) bond motifs is 3. The number of rotatable bonds is 7. The van der Waals surface area contributed by atoms with Crippen molar-refractivity contribution in [3.63, 3.8) is 0 Å². The molecule has 3 aromatic heterocycles. The quantitative estimate of drug-likeness (QED) is 0.162. The molecule has 0 aliphatic carbocycles. The van der Waals surface area contributed by atoms with Gasteiger partial charge in [-0.1, -0.05) is 25.4 Å². The summed E-state index contributed by atoms with van der Waals surface area (Å²) in [6, 6.07) is 11.5. The number of primary amides is 1. The molecule has 0 spiro atoms. The van der Waals surface area contributed by atoms with Gasteiger partial charge in [-0.15, -0.1) is 0 Å². The van der Waals surface area contributed by atoms with Gasteiger partial charge in [0.15, 0.2) is 0 Å². The molecular formula is C32H32BrClFN5O3. The van der Waals surface area contributed by atoms with E-state index in [1.165, 1.54) is 18.3 Å². The fourth-order valence-corrected chi connectivity index (χ4v) is 5.55. The van der Waals surface area contributed by atoms with Crippen LogP contribution in [0.2, 0.25) is 5.02 Å². The number of nitrogens with one attached hydrogen (secondary N) is 1. The van der Waals surface area contributed by atoms with E-state index in [1.54, 1.807) is 25.3 Å². The van der Waals surface area contributed by atoms with Gasteiger partial charge in [0.1, 0.15) is 18.2 Å². The lowest BCUT2D eigenvalue weighted by Gasteiger charge is -2.16. The SMILES string of the molecule is Cc1nccc(-c2ccc(Cl)cc2F)c1C(N)=O.Cc1nccc2c1c(=O)[nH]c1cc(OC[C@@H](N)CC(C)C)c(Br)cc12. The molecule has 0 unspecified atom stereocenters. The Morgan fingerprint density at radius 1 is 1.05 bits per heavy atom. The smallest absolute Gasteiger partial charge is 0.258 e. The Bertz CT molecular complexity index is 1880. The normalized spacial score (nSPS) is 11.8. The van der Waals surface area contributed by atoms with Gasteiger partial charge in [-0.3, -0.25) is 19.6 Å². The van der Waals surface area contributed by atoms with Crippen molar-refractivity contribution in [2.75, 3.05) is 6.61 Å². The number of halogens is 3. The summed E-state index contributed by atoms with van der Waals surface area (Å²) in [5, 5.41) is 2.75. The summed E-state index contributed by atoms with van der Waals surface area (Å²) >= 11 is 9.26. The van der Waals surface area contributed by atoms with Crippen molar-refractivity contribution < 1.29 is 13.9 Å². The molecule has 0 saturated heterocycles. The van der Waals surface area contributed by atoms with Crippen molar-refractivity contribution in [2.45, 2.75) is 40.2 Å². The van der Waals surface area contributed by atoms with E-state index in [2.05, 4.69) is 44.7 Å². The van der Waals surface area contributed by atoms with Crippen molar-refractivity contribution in [1.29, 1.82) is 0 Å². The Morgan fingerprint density at radius 2 is 1.74 bits per heavy atom. The molecule has 5 N–H and O–H groups in total. The molecule has 224 valence electrons. The van der Waals surface area contributed by atoms with Crippen molar-refractivity contribution in [2.24, 2.45) is 17.4 Å². The van der Waals surface area contributed by atoms with E-state index in [0.717, 1.165) is 32.9 Å². The van der Waals surface area contributed by atoms with Crippen LogP contribution in [-0.4, -0.2) is 33.5 Å². The Labute approximate surface area is 261 Å². The number of ether oxygens (including phenoxy) is 1. The predicted octanol–water partition coefficient (Wildman–Crippen LogP) is 6.85. The average Bonchev–Trinajstić information content (AvgIpc) is 2.92. The minimum Gasteiger partial charge on any atom is -0.491 e. The Kier molecular flexibility index (Phi) is 10.2. The number of benzene rings is 2. The number of nitrogens with zero attached hydrogens (tertiary/aromatic N) is 2. The number of hydrogen-bond acceptors (Lipinski definition) is 6. The zero-order chi connectivity index (χ0) is 31.4. The van der Waals surface area contributed by atoms with Crippen LogP contribution in [0.3, 0.4) is 0 Å². The largest absolute Gasteiger partial charge is 0.491 e. The van der Waals surface area contributed by atoms with Gasteiger partial charge in [0, 0.05) is 46.0 Å². The van der Waals surface area contributed by atoms with Crippen molar-refractivity contribution >= 4 is 55.1 Å². The summed E-state index contributed by atoms with van der Waals surface area (Å²) in [5.41, 5.74) is 14.1. The second-order valence-electron chi connectivity index (χ2n) is 10.6. The lowest BCUT2D eigenvalue weighted by molar-refractivity contribution is 0.1000. The summed E-state index contributed by atoms with van der Waals surface area (Å²) in [7, 11) is 0. The molecule has 3 heterocycles. The molecule has 8 nitrogen and oxygen atoms in total. The molecule has 0 aliphatic rings. The van der Waals surface area contributed by atoms with Crippen LogP contribution in [0, 0.1) is 25.6 Å². The molecule has 2 aromatic carbocycles. The first-order valence-corrected chi connectivity index (χ1v) is 14.7. The van der Waals surface area contributed by atoms with Crippen LogP contribution in [-0.2, 0) is 0 Å². The molecule has 5 aromatic rings. The summed E-state index contributed by atoms with van der Waals surface area (Å²) in [6.45, 7) is 8.20. The molecule has 0 radical (unpaired) electrons. The zero-order valence-electron chi connectivity index (χ0n) is 24.2. The van der Waals surface area contributed by atoms with Gasteiger partial charge >= 0.3 is 0 Å². The third-order valence-corrected chi connectivity index (χ3v) is 7.67. The summed E-state index contributed by atoms with van der Waals surface area (Å²) in [5.74, 6) is 0.0613. The molecule has 0 bridgehead atoms. The van der Waals surface area contributed by atoms with Crippen molar-refractivity contribution in [3.05, 3.63) is 97.5 Å². The first-order chi connectivity index (χ1) is 20.4. The number of hydrogen-bond donors (Lipinski definition) is 3. The van der Waals surface area contributed by atoms with Crippen molar-refractivity contribution in [3.8, 4) is 16.9 Å². The number of nitrogens with two attached hydrogens (primary N) is 2. The number of carbonyl (C=O) groups is 1. The maximum atomic E-state index is 13.9. The summed E-state index contributed by atoms with van der Waals surface area (Å²) in [4.78, 5) is 35.0. The Balaban J connectivity index is 0.000000208. The minimum atomic E-state index is -0.634. The van der Waals surface area contributed by atoms with E-state index in [-0.39, 0.29) is 22.7 Å². The van der Waals surface area contributed by atoms with Gasteiger partial charge in [0.25, 0.3) is 11.5 Å². The monoisotopic (exact) mass is 667 g/mol. The highest BCUT2D eigenvalue weighted by Gasteiger charge is 2.17. The first-order valence-electron chi connectivity index (χ1n) is 13.6. The second-order valence-corrected chi connectivity index (χ2v) is 11.9. The fraction of sp³-hybridized carbons (Fsp3) is 0.250. The van der Waals surface area contributed by atoms with Gasteiger partial charge in [0.05, 0.1) is 32.3 Å². The zero-order valence-corrected chi connectivity index (χ0v) is 26.5. The van der Waals surface area contributed by atoms with Gasteiger partial charge in [-0.25, -0.2) is 4.39 Å². The van der Waals surface area contributed by atoms with Crippen LogP contribution in [0.5, 0.6) is 5.75 Å². The Morgan fingerprint density at radius 3 is 2.42 bits per heavy atom. The maximum Gasteiger partial charge on any atom is 0.258 e. The number of H-pyrrole nitrogens is 1. The molecule has 1 atom stereocenters. The topological polar surface area (TPSA) is 137 Å². The van der Waals surface area contributed by atoms with Crippen LogP contribution < -0.4 is 21.8 Å². The van der Waals surface area contributed by atoms with Crippen LogP contribution in [0.15, 0.2) is 64.1 Å². The highest BCUT2D eigenvalue weighted by Crippen LogP contribution is 2.33.